The topological polar surface area (TPSA) is 18.5 Å². The van der Waals surface area contributed by atoms with Gasteiger partial charge >= 0.3 is 0 Å². The van der Waals surface area contributed by atoms with E-state index in [1.807, 2.05) is 0 Å². The first-order valence-corrected chi connectivity index (χ1v) is 7.30. The highest BCUT2D eigenvalue weighted by Crippen LogP contribution is 2.25. The lowest BCUT2D eigenvalue weighted by Crippen LogP contribution is -2.46. The maximum atomic E-state index is 3.56. The van der Waals surface area contributed by atoms with Crippen molar-refractivity contribution in [1.82, 2.24) is 15.1 Å². The third kappa shape index (κ3) is 3.43. The summed E-state index contributed by atoms with van der Waals surface area (Å²) in [5.74, 6) is 1.82. The number of piperidine rings is 1. The van der Waals surface area contributed by atoms with E-state index in [-0.39, 0.29) is 0 Å². The summed E-state index contributed by atoms with van der Waals surface area (Å²) in [7, 11) is 4.39. The third-order valence-corrected chi connectivity index (χ3v) is 4.57. The SMILES string of the molecule is CCC1CNCC1N1CCC(CN(C)C)CC1. The highest BCUT2D eigenvalue weighted by Gasteiger charge is 2.32. The molecule has 0 aromatic rings. The number of nitrogens with zero attached hydrogens (tertiary/aromatic N) is 2. The number of nitrogens with one attached hydrogen (secondary N) is 1. The monoisotopic (exact) mass is 239 g/mol. The van der Waals surface area contributed by atoms with Crippen molar-refractivity contribution in [2.75, 3.05) is 46.8 Å². The fraction of sp³-hybridized carbons (Fsp3) is 1.00. The molecule has 1 N–H and O–H groups in total. The minimum atomic E-state index is 0.820. The summed E-state index contributed by atoms with van der Waals surface area (Å²) in [5.41, 5.74) is 0. The van der Waals surface area contributed by atoms with Crippen molar-refractivity contribution in [3.05, 3.63) is 0 Å². The predicted molar refractivity (Wildman–Crippen MR) is 73.3 cm³/mol. The van der Waals surface area contributed by atoms with E-state index < -0.39 is 0 Å². The van der Waals surface area contributed by atoms with Gasteiger partial charge in [-0.25, -0.2) is 0 Å². The van der Waals surface area contributed by atoms with Gasteiger partial charge in [-0.2, -0.15) is 0 Å². The van der Waals surface area contributed by atoms with Crippen molar-refractivity contribution in [1.29, 1.82) is 0 Å². The minimum absolute atomic E-state index is 0.820. The highest BCUT2D eigenvalue weighted by molar-refractivity contribution is 4.90. The molecular weight excluding hydrogens is 210 g/mol. The molecule has 0 spiro atoms. The van der Waals surface area contributed by atoms with Crippen LogP contribution in [0.15, 0.2) is 0 Å². The van der Waals surface area contributed by atoms with Gasteiger partial charge in [0.25, 0.3) is 0 Å². The summed E-state index contributed by atoms with van der Waals surface area (Å²) in [6.07, 6.45) is 4.12. The number of hydrogen-bond donors (Lipinski definition) is 1. The lowest BCUT2D eigenvalue weighted by atomic mass is 9.92. The molecule has 2 fully saturated rings. The standard InChI is InChI=1S/C14H29N3/c1-4-13-9-15-10-14(13)17-7-5-12(6-8-17)11-16(2)3/h12-15H,4-11H2,1-3H3. The lowest BCUT2D eigenvalue weighted by molar-refractivity contribution is 0.105. The summed E-state index contributed by atoms with van der Waals surface area (Å²) in [5, 5.41) is 3.56. The second kappa shape index (κ2) is 6.17. The molecule has 2 atom stereocenters. The Kier molecular flexibility index (Phi) is 4.83. The molecule has 2 saturated heterocycles. The van der Waals surface area contributed by atoms with Crippen LogP contribution in [0.5, 0.6) is 0 Å². The van der Waals surface area contributed by atoms with Gasteiger partial charge < -0.3 is 10.2 Å². The predicted octanol–water partition coefficient (Wildman–Crippen LogP) is 1.26. The molecule has 0 aromatic heterocycles. The molecule has 0 aromatic carbocycles. The van der Waals surface area contributed by atoms with Crippen molar-refractivity contribution >= 4 is 0 Å². The van der Waals surface area contributed by atoms with Crippen LogP contribution in [0.3, 0.4) is 0 Å². The van der Waals surface area contributed by atoms with E-state index in [1.165, 1.54) is 52.0 Å². The molecule has 2 aliphatic rings. The smallest absolute Gasteiger partial charge is 0.0260 e. The summed E-state index contributed by atoms with van der Waals surface area (Å²) >= 11 is 0. The van der Waals surface area contributed by atoms with E-state index >= 15 is 0 Å². The molecule has 0 saturated carbocycles. The molecule has 2 rings (SSSR count). The Labute approximate surface area is 107 Å². The number of likely N-dealkylation sites (tertiary alicyclic amines) is 1. The zero-order valence-electron chi connectivity index (χ0n) is 11.8. The van der Waals surface area contributed by atoms with Crippen molar-refractivity contribution in [3.63, 3.8) is 0 Å². The third-order valence-electron chi connectivity index (χ3n) is 4.57. The summed E-state index contributed by atoms with van der Waals surface area (Å²) in [6, 6.07) is 0.820. The van der Waals surface area contributed by atoms with Crippen LogP contribution in [0.1, 0.15) is 26.2 Å². The van der Waals surface area contributed by atoms with E-state index in [4.69, 9.17) is 0 Å². The largest absolute Gasteiger partial charge is 0.315 e. The molecule has 100 valence electrons. The number of hydrogen-bond acceptors (Lipinski definition) is 3. The summed E-state index contributed by atoms with van der Waals surface area (Å²) < 4.78 is 0. The zero-order valence-corrected chi connectivity index (χ0v) is 11.8. The zero-order chi connectivity index (χ0) is 12.3. The molecule has 2 heterocycles. The van der Waals surface area contributed by atoms with Gasteiger partial charge in [-0.3, -0.25) is 4.90 Å². The fourth-order valence-electron chi connectivity index (χ4n) is 3.55. The van der Waals surface area contributed by atoms with E-state index in [0.717, 1.165) is 17.9 Å². The van der Waals surface area contributed by atoms with Crippen molar-refractivity contribution < 1.29 is 0 Å². The molecular formula is C14H29N3. The second-order valence-electron chi connectivity index (χ2n) is 6.14. The quantitative estimate of drug-likeness (QED) is 0.797. The fourth-order valence-corrected chi connectivity index (χ4v) is 3.55. The van der Waals surface area contributed by atoms with Crippen LogP contribution in [0.25, 0.3) is 0 Å². The van der Waals surface area contributed by atoms with Crippen LogP contribution in [0.4, 0.5) is 0 Å². The van der Waals surface area contributed by atoms with Crippen LogP contribution in [0, 0.1) is 11.8 Å². The van der Waals surface area contributed by atoms with Gasteiger partial charge in [0.1, 0.15) is 0 Å². The second-order valence-corrected chi connectivity index (χ2v) is 6.14. The first-order valence-electron chi connectivity index (χ1n) is 7.30. The average molecular weight is 239 g/mol. The first kappa shape index (κ1) is 13.3. The highest BCUT2D eigenvalue weighted by atomic mass is 15.2. The van der Waals surface area contributed by atoms with Crippen molar-refractivity contribution in [2.45, 2.75) is 32.2 Å². The Morgan fingerprint density at radius 1 is 1.18 bits per heavy atom. The molecule has 0 bridgehead atoms. The Bertz CT molecular complexity index is 222. The van der Waals surface area contributed by atoms with Gasteiger partial charge in [-0.05, 0) is 58.4 Å². The van der Waals surface area contributed by atoms with Gasteiger partial charge in [0, 0.05) is 19.1 Å². The normalized spacial score (nSPS) is 32.5. The molecule has 2 unspecified atom stereocenters. The van der Waals surface area contributed by atoms with Crippen LogP contribution in [0.2, 0.25) is 0 Å². The molecule has 0 amide bonds. The molecule has 3 heteroatoms. The Balaban J connectivity index is 1.78. The maximum absolute atomic E-state index is 3.56. The molecule has 3 nitrogen and oxygen atoms in total. The average Bonchev–Trinajstić information content (AvgIpc) is 2.77. The number of rotatable bonds is 4. The van der Waals surface area contributed by atoms with Crippen molar-refractivity contribution in [2.24, 2.45) is 11.8 Å². The van der Waals surface area contributed by atoms with Gasteiger partial charge in [-0.15, -0.1) is 0 Å². The Morgan fingerprint density at radius 2 is 1.88 bits per heavy atom. The molecule has 2 aliphatic heterocycles. The maximum Gasteiger partial charge on any atom is 0.0260 e. The van der Waals surface area contributed by atoms with Crippen LogP contribution in [-0.2, 0) is 0 Å². The van der Waals surface area contributed by atoms with Crippen LogP contribution < -0.4 is 5.32 Å². The van der Waals surface area contributed by atoms with Gasteiger partial charge in [-0.1, -0.05) is 13.3 Å². The van der Waals surface area contributed by atoms with Crippen LogP contribution >= 0.6 is 0 Å². The van der Waals surface area contributed by atoms with Crippen molar-refractivity contribution in [3.8, 4) is 0 Å². The molecule has 17 heavy (non-hydrogen) atoms. The first-order chi connectivity index (χ1) is 8.20. The molecule has 0 radical (unpaired) electrons. The summed E-state index contributed by atoms with van der Waals surface area (Å²) in [4.78, 5) is 5.09. The van der Waals surface area contributed by atoms with Gasteiger partial charge in [0.05, 0.1) is 0 Å². The Morgan fingerprint density at radius 3 is 2.47 bits per heavy atom. The van der Waals surface area contributed by atoms with Gasteiger partial charge in [0.15, 0.2) is 0 Å². The van der Waals surface area contributed by atoms with E-state index in [9.17, 15) is 0 Å². The van der Waals surface area contributed by atoms with E-state index in [1.54, 1.807) is 0 Å². The summed E-state index contributed by atoms with van der Waals surface area (Å²) in [6.45, 7) is 8.70. The Hall–Kier alpha value is -0.120. The van der Waals surface area contributed by atoms with Crippen LogP contribution in [-0.4, -0.2) is 62.7 Å². The molecule has 0 aliphatic carbocycles. The van der Waals surface area contributed by atoms with Gasteiger partial charge in [0.2, 0.25) is 0 Å². The minimum Gasteiger partial charge on any atom is -0.315 e. The lowest BCUT2D eigenvalue weighted by Gasteiger charge is -2.38. The van der Waals surface area contributed by atoms with E-state index in [2.05, 4.69) is 36.1 Å². The van der Waals surface area contributed by atoms with E-state index in [0.29, 0.717) is 0 Å².